The molecule has 0 amide bonds. The van der Waals surface area contributed by atoms with Gasteiger partial charge in [-0.25, -0.2) is 4.98 Å². The number of rotatable bonds is 5. The van der Waals surface area contributed by atoms with E-state index >= 15 is 0 Å². The molecule has 0 saturated carbocycles. The number of aryl methyl sites for hydroxylation is 2. The van der Waals surface area contributed by atoms with Crippen molar-refractivity contribution < 1.29 is 4.92 Å². The average molecular weight is 277 g/mol. The molecule has 0 unspecified atom stereocenters. The van der Waals surface area contributed by atoms with Crippen LogP contribution in [0.4, 0.5) is 5.69 Å². The van der Waals surface area contributed by atoms with Crippen molar-refractivity contribution in [1.29, 1.82) is 0 Å². The summed E-state index contributed by atoms with van der Waals surface area (Å²) in [7, 11) is 0. The van der Waals surface area contributed by atoms with Crippen molar-refractivity contribution in [2.75, 3.05) is 6.54 Å². The number of nitrogens with zero attached hydrogens (tertiary/aromatic N) is 2. The van der Waals surface area contributed by atoms with Gasteiger partial charge in [-0.05, 0) is 19.9 Å². The predicted octanol–water partition coefficient (Wildman–Crippen LogP) is 2.92. The highest BCUT2D eigenvalue weighted by atomic mass is 32.1. The van der Waals surface area contributed by atoms with Crippen molar-refractivity contribution in [3.63, 3.8) is 0 Å². The first-order chi connectivity index (χ1) is 9.11. The van der Waals surface area contributed by atoms with Gasteiger partial charge in [0, 0.05) is 29.0 Å². The molecule has 0 bridgehead atoms. The van der Waals surface area contributed by atoms with Crippen molar-refractivity contribution in [2.45, 2.75) is 19.8 Å². The van der Waals surface area contributed by atoms with E-state index in [9.17, 15) is 10.1 Å². The minimum Gasteiger partial charge on any atom is -0.330 e. The van der Waals surface area contributed by atoms with Crippen LogP contribution in [0, 0.1) is 17.0 Å². The third kappa shape index (κ3) is 3.15. The van der Waals surface area contributed by atoms with E-state index in [1.165, 1.54) is 0 Å². The first-order valence-electron chi connectivity index (χ1n) is 6.01. The highest BCUT2D eigenvalue weighted by Gasteiger charge is 2.13. The molecule has 1 aromatic heterocycles. The van der Waals surface area contributed by atoms with E-state index in [1.807, 2.05) is 11.4 Å². The van der Waals surface area contributed by atoms with Crippen molar-refractivity contribution in [1.82, 2.24) is 4.98 Å². The van der Waals surface area contributed by atoms with E-state index in [2.05, 4.69) is 4.98 Å². The fourth-order valence-electron chi connectivity index (χ4n) is 1.78. The molecule has 1 heterocycles. The number of hydrogen-bond acceptors (Lipinski definition) is 5. The molecular weight excluding hydrogens is 262 g/mol. The molecule has 2 rings (SSSR count). The van der Waals surface area contributed by atoms with Crippen LogP contribution in [-0.2, 0) is 6.42 Å². The maximum absolute atomic E-state index is 10.9. The average Bonchev–Trinajstić information content (AvgIpc) is 2.85. The largest absolute Gasteiger partial charge is 0.330 e. The number of nitro benzene ring substituents is 1. The molecule has 0 aliphatic carbocycles. The first kappa shape index (κ1) is 13.6. The molecule has 5 nitrogen and oxygen atoms in total. The Bertz CT molecular complexity index is 595. The summed E-state index contributed by atoms with van der Waals surface area (Å²) in [4.78, 5) is 15.1. The molecule has 0 saturated heterocycles. The summed E-state index contributed by atoms with van der Waals surface area (Å²) in [6.45, 7) is 2.38. The molecule has 0 aliphatic rings. The van der Waals surface area contributed by atoms with Crippen molar-refractivity contribution in [3.05, 3.63) is 44.3 Å². The zero-order valence-electron chi connectivity index (χ0n) is 10.6. The Hall–Kier alpha value is -1.79. The standard InChI is InChI=1S/C13H15N3O2S/c1-9-4-5-10(7-12(9)16(17)18)11-8-19-13(15-11)3-2-6-14/h4-5,7-8H,2-3,6,14H2,1H3. The van der Waals surface area contributed by atoms with Crippen LogP contribution in [0.1, 0.15) is 17.0 Å². The second kappa shape index (κ2) is 5.90. The van der Waals surface area contributed by atoms with Gasteiger partial charge in [-0.2, -0.15) is 0 Å². The molecule has 19 heavy (non-hydrogen) atoms. The normalized spacial score (nSPS) is 10.6. The predicted molar refractivity (Wildman–Crippen MR) is 76.3 cm³/mol. The summed E-state index contributed by atoms with van der Waals surface area (Å²) < 4.78 is 0. The summed E-state index contributed by atoms with van der Waals surface area (Å²) in [6.07, 6.45) is 1.76. The molecule has 6 heteroatoms. The van der Waals surface area contributed by atoms with Gasteiger partial charge in [0.2, 0.25) is 0 Å². The zero-order chi connectivity index (χ0) is 13.8. The van der Waals surface area contributed by atoms with Crippen LogP contribution in [0.15, 0.2) is 23.6 Å². The maximum atomic E-state index is 10.9. The molecule has 0 spiro atoms. The Morgan fingerprint density at radius 1 is 1.47 bits per heavy atom. The lowest BCUT2D eigenvalue weighted by Crippen LogP contribution is -1.99. The lowest BCUT2D eigenvalue weighted by molar-refractivity contribution is -0.385. The van der Waals surface area contributed by atoms with E-state index in [1.54, 1.807) is 30.4 Å². The van der Waals surface area contributed by atoms with E-state index in [0.29, 0.717) is 12.1 Å². The topological polar surface area (TPSA) is 82.0 Å². The summed E-state index contributed by atoms with van der Waals surface area (Å²) >= 11 is 1.57. The molecule has 2 aromatic rings. The molecule has 0 radical (unpaired) electrons. The summed E-state index contributed by atoms with van der Waals surface area (Å²) in [5.41, 5.74) is 7.84. The van der Waals surface area contributed by atoms with Crippen LogP contribution in [-0.4, -0.2) is 16.5 Å². The van der Waals surface area contributed by atoms with Crippen molar-refractivity contribution in [3.8, 4) is 11.3 Å². The first-order valence-corrected chi connectivity index (χ1v) is 6.89. The van der Waals surface area contributed by atoms with Crippen molar-refractivity contribution in [2.24, 2.45) is 5.73 Å². The smallest absolute Gasteiger partial charge is 0.272 e. The van der Waals surface area contributed by atoms with Crippen molar-refractivity contribution >= 4 is 17.0 Å². The number of aromatic nitrogens is 1. The Morgan fingerprint density at radius 3 is 2.95 bits per heavy atom. The summed E-state index contributed by atoms with van der Waals surface area (Å²) in [5.74, 6) is 0. The summed E-state index contributed by atoms with van der Waals surface area (Å²) in [6, 6.07) is 5.20. The van der Waals surface area contributed by atoms with Gasteiger partial charge in [0.25, 0.3) is 5.69 Å². The minimum atomic E-state index is -0.361. The van der Waals surface area contributed by atoms with Crippen LogP contribution >= 0.6 is 11.3 Å². The Labute approximate surface area is 115 Å². The van der Waals surface area contributed by atoms with Crippen LogP contribution in [0.2, 0.25) is 0 Å². The third-order valence-electron chi connectivity index (χ3n) is 2.85. The molecule has 2 N–H and O–H groups in total. The lowest BCUT2D eigenvalue weighted by atomic mass is 10.1. The monoisotopic (exact) mass is 277 g/mol. The van der Waals surface area contributed by atoms with Gasteiger partial charge in [-0.1, -0.05) is 12.1 Å². The van der Waals surface area contributed by atoms with Gasteiger partial charge < -0.3 is 5.73 Å². The quantitative estimate of drug-likeness (QED) is 0.673. The molecule has 0 atom stereocenters. The number of hydrogen-bond donors (Lipinski definition) is 1. The van der Waals surface area contributed by atoms with Gasteiger partial charge >= 0.3 is 0 Å². The molecule has 100 valence electrons. The van der Waals surface area contributed by atoms with Gasteiger partial charge in [-0.3, -0.25) is 10.1 Å². The van der Waals surface area contributed by atoms with E-state index in [-0.39, 0.29) is 10.6 Å². The van der Waals surface area contributed by atoms with Crippen LogP contribution in [0.3, 0.4) is 0 Å². The Morgan fingerprint density at radius 2 is 2.26 bits per heavy atom. The highest BCUT2D eigenvalue weighted by molar-refractivity contribution is 7.09. The van der Waals surface area contributed by atoms with Crippen LogP contribution < -0.4 is 5.73 Å². The fourth-order valence-corrected chi connectivity index (χ4v) is 2.63. The number of nitrogens with two attached hydrogens (primary N) is 1. The molecule has 0 fully saturated rings. The highest BCUT2D eigenvalue weighted by Crippen LogP contribution is 2.28. The minimum absolute atomic E-state index is 0.133. The third-order valence-corrected chi connectivity index (χ3v) is 3.76. The number of benzene rings is 1. The Kier molecular flexibility index (Phi) is 4.24. The SMILES string of the molecule is Cc1ccc(-c2csc(CCCN)n2)cc1[N+](=O)[O-]. The number of thiazole rings is 1. The van der Waals surface area contributed by atoms with Crippen LogP contribution in [0.25, 0.3) is 11.3 Å². The lowest BCUT2D eigenvalue weighted by Gasteiger charge is -2.00. The molecular formula is C13H15N3O2S. The molecule has 1 aromatic carbocycles. The zero-order valence-corrected chi connectivity index (χ0v) is 11.4. The van der Waals surface area contributed by atoms with Gasteiger partial charge in [0.15, 0.2) is 0 Å². The van der Waals surface area contributed by atoms with E-state index in [4.69, 9.17) is 5.73 Å². The number of nitro groups is 1. The van der Waals surface area contributed by atoms with E-state index < -0.39 is 0 Å². The van der Waals surface area contributed by atoms with Gasteiger partial charge in [0.05, 0.1) is 15.6 Å². The second-order valence-electron chi connectivity index (χ2n) is 4.28. The Balaban J connectivity index is 2.29. The molecule has 0 aliphatic heterocycles. The second-order valence-corrected chi connectivity index (χ2v) is 5.22. The van der Waals surface area contributed by atoms with Gasteiger partial charge in [-0.15, -0.1) is 11.3 Å². The van der Waals surface area contributed by atoms with Gasteiger partial charge in [0.1, 0.15) is 0 Å². The van der Waals surface area contributed by atoms with Crippen LogP contribution in [0.5, 0.6) is 0 Å². The van der Waals surface area contributed by atoms with E-state index in [0.717, 1.165) is 29.1 Å². The fraction of sp³-hybridized carbons (Fsp3) is 0.308. The summed E-state index contributed by atoms with van der Waals surface area (Å²) in [5, 5.41) is 13.9. The maximum Gasteiger partial charge on any atom is 0.272 e.